The molecule has 0 spiro atoms. The summed E-state index contributed by atoms with van der Waals surface area (Å²) in [5, 5.41) is 28.5. The summed E-state index contributed by atoms with van der Waals surface area (Å²) in [5.74, 6) is 0. The highest BCUT2D eigenvalue weighted by molar-refractivity contribution is 5.69. The Morgan fingerprint density at radius 3 is 1.30 bits per heavy atom. The smallest absolute Gasteiger partial charge is 0.294 e. The van der Waals surface area contributed by atoms with Crippen LogP contribution in [0, 0.1) is 20.2 Å². The summed E-state index contributed by atoms with van der Waals surface area (Å²) in [7, 11) is 7.32. The Morgan fingerprint density at radius 2 is 0.978 bits per heavy atom. The SMILES string of the molecule is CNc1ccc(N(C)CCCN2C=CN(CCCCN3C=CN(CCCN(C)c4ccc(NC)c([N+](=O)[O-])c4)C3)C2)cc1[N+](=O)[O-]. The number of nitrogens with one attached hydrogen (secondary N) is 2. The van der Waals surface area contributed by atoms with Gasteiger partial charge in [0.15, 0.2) is 0 Å². The Morgan fingerprint density at radius 1 is 0.630 bits per heavy atom. The first kappa shape index (κ1) is 34.0. The maximum atomic E-state index is 11.4. The van der Waals surface area contributed by atoms with E-state index in [1.807, 2.05) is 26.2 Å². The summed E-state index contributed by atoms with van der Waals surface area (Å²) >= 11 is 0. The molecular formula is C32H48N10O4. The summed E-state index contributed by atoms with van der Waals surface area (Å²) in [5.41, 5.74) is 2.90. The first-order valence-electron chi connectivity index (χ1n) is 15.9. The van der Waals surface area contributed by atoms with Gasteiger partial charge in [-0.25, -0.2) is 0 Å². The Kier molecular flexibility index (Phi) is 12.1. The normalized spacial score (nSPS) is 13.9. The molecule has 0 saturated heterocycles. The second-order valence-electron chi connectivity index (χ2n) is 11.8. The third-order valence-corrected chi connectivity index (χ3v) is 8.50. The third-order valence-electron chi connectivity index (χ3n) is 8.50. The van der Waals surface area contributed by atoms with Gasteiger partial charge in [-0.1, -0.05) is 0 Å². The van der Waals surface area contributed by atoms with Crippen molar-refractivity contribution in [2.45, 2.75) is 25.7 Å². The van der Waals surface area contributed by atoms with Crippen LogP contribution in [-0.4, -0.2) is 110 Å². The lowest BCUT2D eigenvalue weighted by Crippen LogP contribution is -2.30. The number of nitrogens with zero attached hydrogens (tertiary/aromatic N) is 8. The standard InChI is InChI=1S/C32H48N10O4/c1-33-29-11-9-27(23-31(29)41(43)44)35(3)13-7-17-39-21-19-37(25-39)15-5-6-16-38-20-22-40(26-38)18-8-14-36(4)28-10-12-30(34-2)32(24-28)42(45)46/h9-12,19-24,33-34H,5-8,13-18,25-26H2,1-4H3. The fourth-order valence-electron chi connectivity index (χ4n) is 5.76. The van der Waals surface area contributed by atoms with Crippen LogP contribution in [0.4, 0.5) is 34.1 Å². The van der Waals surface area contributed by atoms with Crippen LogP contribution in [0.5, 0.6) is 0 Å². The lowest BCUT2D eigenvalue weighted by Gasteiger charge is -2.25. The molecule has 14 nitrogen and oxygen atoms in total. The zero-order valence-corrected chi connectivity index (χ0v) is 27.5. The van der Waals surface area contributed by atoms with Crippen molar-refractivity contribution in [3.8, 4) is 0 Å². The number of rotatable bonds is 19. The highest BCUT2D eigenvalue weighted by atomic mass is 16.6. The number of hydrogen-bond acceptors (Lipinski definition) is 12. The molecule has 0 unspecified atom stereocenters. The summed E-state index contributed by atoms with van der Waals surface area (Å²) in [6.07, 6.45) is 12.8. The van der Waals surface area contributed by atoms with Crippen LogP contribution in [0.3, 0.4) is 0 Å². The first-order valence-corrected chi connectivity index (χ1v) is 15.9. The van der Waals surface area contributed by atoms with Crippen molar-refractivity contribution in [3.63, 3.8) is 0 Å². The van der Waals surface area contributed by atoms with Crippen molar-refractivity contribution in [2.75, 3.05) is 101 Å². The quantitative estimate of drug-likeness (QED) is 0.125. The molecule has 2 N–H and O–H groups in total. The largest absolute Gasteiger partial charge is 0.383 e. The van der Waals surface area contributed by atoms with Crippen molar-refractivity contribution in [2.24, 2.45) is 0 Å². The van der Waals surface area contributed by atoms with Gasteiger partial charge in [0.25, 0.3) is 11.4 Å². The maximum absolute atomic E-state index is 11.4. The highest BCUT2D eigenvalue weighted by Gasteiger charge is 2.18. The second kappa shape index (κ2) is 16.4. The van der Waals surface area contributed by atoms with E-state index < -0.39 is 0 Å². The average Bonchev–Trinajstić information content (AvgIpc) is 3.71. The van der Waals surface area contributed by atoms with E-state index in [2.05, 4.69) is 64.8 Å². The Balaban J connectivity index is 1.05. The summed E-state index contributed by atoms with van der Waals surface area (Å²) in [6.45, 7) is 7.32. The molecule has 2 aromatic carbocycles. The van der Waals surface area contributed by atoms with Gasteiger partial charge in [-0.15, -0.1) is 0 Å². The molecular weight excluding hydrogens is 588 g/mol. The van der Waals surface area contributed by atoms with Crippen LogP contribution in [0.15, 0.2) is 61.2 Å². The van der Waals surface area contributed by atoms with E-state index in [1.54, 1.807) is 38.4 Å². The van der Waals surface area contributed by atoms with Crippen molar-refractivity contribution in [1.29, 1.82) is 0 Å². The van der Waals surface area contributed by atoms with Gasteiger partial charge in [0.05, 0.1) is 23.2 Å². The molecule has 2 aliphatic heterocycles. The van der Waals surface area contributed by atoms with E-state index in [0.717, 1.165) is 89.7 Å². The van der Waals surface area contributed by atoms with Gasteiger partial charge in [0, 0.05) is 116 Å². The molecule has 2 aliphatic rings. The van der Waals surface area contributed by atoms with Crippen LogP contribution in [0.25, 0.3) is 0 Å². The van der Waals surface area contributed by atoms with Crippen LogP contribution in [-0.2, 0) is 0 Å². The van der Waals surface area contributed by atoms with Gasteiger partial charge in [0.2, 0.25) is 0 Å². The van der Waals surface area contributed by atoms with E-state index in [9.17, 15) is 20.2 Å². The van der Waals surface area contributed by atoms with E-state index in [4.69, 9.17) is 0 Å². The minimum atomic E-state index is -0.349. The molecule has 0 radical (unpaired) electrons. The lowest BCUT2D eigenvalue weighted by molar-refractivity contribution is -0.384. The molecule has 2 heterocycles. The molecule has 0 amide bonds. The minimum absolute atomic E-state index is 0.0902. The predicted molar refractivity (Wildman–Crippen MR) is 185 cm³/mol. The summed E-state index contributed by atoms with van der Waals surface area (Å²) in [6, 6.07) is 10.6. The fourth-order valence-corrected chi connectivity index (χ4v) is 5.76. The molecule has 250 valence electrons. The molecule has 0 aromatic heterocycles. The van der Waals surface area contributed by atoms with Crippen LogP contribution in [0.1, 0.15) is 25.7 Å². The molecule has 0 aliphatic carbocycles. The molecule has 2 aromatic rings. The van der Waals surface area contributed by atoms with Crippen molar-refractivity contribution >= 4 is 34.1 Å². The number of benzene rings is 2. The monoisotopic (exact) mass is 636 g/mol. The maximum Gasteiger partial charge on any atom is 0.294 e. The molecule has 0 fully saturated rings. The van der Waals surface area contributed by atoms with E-state index >= 15 is 0 Å². The number of hydrogen-bond donors (Lipinski definition) is 2. The van der Waals surface area contributed by atoms with Crippen molar-refractivity contribution < 1.29 is 9.85 Å². The Hall–Kier alpha value is -4.88. The van der Waals surface area contributed by atoms with Crippen molar-refractivity contribution in [3.05, 3.63) is 81.4 Å². The predicted octanol–water partition coefficient (Wildman–Crippen LogP) is 4.81. The zero-order valence-electron chi connectivity index (χ0n) is 27.5. The van der Waals surface area contributed by atoms with E-state index in [-0.39, 0.29) is 21.2 Å². The second-order valence-corrected chi connectivity index (χ2v) is 11.8. The number of anilines is 4. The number of nitro groups is 2. The topological polar surface area (TPSA) is 130 Å². The first-order chi connectivity index (χ1) is 22.2. The van der Waals surface area contributed by atoms with Crippen LogP contribution >= 0.6 is 0 Å². The van der Waals surface area contributed by atoms with Crippen LogP contribution in [0.2, 0.25) is 0 Å². The zero-order chi connectivity index (χ0) is 33.1. The molecule has 0 saturated carbocycles. The summed E-state index contributed by atoms with van der Waals surface area (Å²) < 4.78 is 0. The average molecular weight is 637 g/mol. The van der Waals surface area contributed by atoms with Gasteiger partial charge in [-0.3, -0.25) is 20.2 Å². The van der Waals surface area contributed by atoms with Gasteiger partial charge >= 0.3 is 0 Å². The number of unbranched alkanes of at least 4 members (excludes halogenated alkanes) is 1. The fraction of sp³-hybridized carbons (Fsp3) is 0.500. The molecule has 46 heavy (non-hydrogen) atoms. The van der Waals surface area contributed by atoms with Crippen LogP contribution < -0.4 is 20.4 Å². The molecule has 14 heteroatoms. The van der Waals surface area contributed by atoms with Gasteiger partial charge in [-0.05, 0) is 49.9 Å². The number of nitro benzene ring substituents is 2. The van der Waals surface area contributed by atoms with E-state index in [1.165, 1.54) is 0 Å². The lowest BCUT2D eigenvalue weighted by atomic mass is 10.2. The van der Waals surface area contributed by atoms with Gasteiger partial charge < -0.3 is 40.0 Å². The Bertz CT molecular complexity index is 1280. The van der Waals surface area contributed by atoms with Crippen molar-refractivity contribution in [1.82, 2.24) is 19.6 Å². The molecule has 0 atom stereocenters. The van der Waals surface area contributed by atoms with E-state index in [0.29, 0.717) is 11.4 Å². The Labute approximate surface area is 271 Å². The van der Waals surface area contributed by atoms with Gasteiger partial charge in [0.1, 0.15) is 11.4 Å². The molecule has 0 bridgehead atoms. The minimum Gasteiger partial charge on any atom is -0.383 e. The third kappa shape index (κ3) is 9.31. The molecule has 4 rings (SSSR count). The summed E-state index contributed by atoms with van der Waals surface area (Å²) in [4.78, 5) is 35.5. The van der Waals surface area contributed by atoms with Gasteiger partial charge in [-0.2, -0.15) is 0 Å². The highest BCUT2D eigenvalue weighted by Crippen LogP contribution is 2.30.